The highest BCUT2D eigenvalue weighted by atomic mass is 32.1. The summed E-state index contributed by atoms with van der Waals surface area (Å²) in [5.41, 5.74) is 7.44. The molecule has 0 aliphatic rings. The molecule has 0 bridgehead atoms. The quantitative estimate of drug-likeness (QED) is 0.218. The summed E-state index contributed by atoms with van der Waals surface area (Å²) in [6.07, 6.45) is 1.87. The van der Waals surface area contributed by atoms with Gasteiger partial charge in [0.2, 0.25) is 0 Å². The van der Waals surface area contributed by atoms with Crippen molar-refractivity contribution in [3.05, 3.63) is 134 Å². The van der Waals surface area contributed by atoms with Crippen LogP contribution in [0, 0.1) is 0 Å². The zero-order chi connectivity index (χ0) is 27.6. The average molecular weight is 555 g/mol. The smallest absolute Gasteiger partial charge is 0.160 e. The highest BCUT2D eigenvalue weighted by Crippen LogP contribution is 2.40. The van der Waals surface area contributed by atoms with Crippen LogP contribution >= 0.6 is 11.3 Å². The normalized spacial score (nSPS) is 11.8. The average Bonchev–Trinajstić information content (AvgIpc) is 3.58. The van der Waals surface area contributed by atoms with E-state index in [2.05, 4.69) is 113 Å². The summed E-state index contributed by atoms with van der Waals surface area (Å²) in [6, 6.07) is 44.7. The lowest BCUT2D eigenvalue weighted by atomic mass is 10.1. The first-order chi connectivity index (χ1) is 20.8. The van der Waals surface area contributed by atoms with Gasteiger partial charge >= 0.3 is 0 Å². The first-order valence-electron chi connectivity index (χ1n) is 14.0. The Morgan fingerprint density at radius 1 is 0.524 bits per heavy atom. The summed E-state index contributed by atoms with van der Waals surface area (Å²) in [6.45, 7) is 0. The molecule has 0 unspecified atom stereocenters. The molecule has 5 heteroatoms. The Kier molecular flexibility index (Phi) is 5.03. The molecular weight excluding hydrogens is 533 g/mol. The topological polar surface area (TPSA) is 43.6 Å². The molecule has 0 saturated heterocycles. The molecular formula is C37H22N4S. The molecule has 42 heavy (non-hydrogen) atoms. The number of hydrogen-bond donors (Lipinski definition) is 0. The second kappa shape index (κ2) is 9.06. The molecule has 4 nitrogen and oxygen atoms in total. The molecule has 0 radical (unpaired) electrons. The summed E-state index contributed by atoms with van der Waals surface area (Å²) >= 11 is 1.76. The van der Waals surface area contributed by atoms with Crippen molar-refractivity contribution in [1.29, 1.82) is 0 Å². The predicted molar refractivity (Wildman–Crippen MR) is 175 cm³/mol. The van der Waals surface area contributed by atoms with Crippen LogP contribution in [0.2, 0.25) is 0 Å². The standard InChI is InChI=1S/C37H22N4S/c1-2-9-23(10-3-1)35-28-12-4-6-14-31(28)39-36(40-35)24-16-18-25(19-17-24)41-32-15-7-5-11-26(32)29-22-34-30(21-33(29)41)27-13-8-20-38-37(27)42-34/h1-22H. The van der Waals surface area contributed by atoms with Gasteiger partial charge in [-0.05, 0) is 60.7 Å². The summed E-state index contributed by atoms with van der Waals surface area (Å²) < 4.78 is 3.63. The van der Waals surface area contributed by atoms with Gasteiger partial charge in [-0.2, -0.15) is 0 Å². The maximum absolute atomic E-state index is 5.07. The van der Waals surface area contributed by atoms with Crippen LogP contribution in [0.15, 0.2) is 134 Å². The molecule has 0 amide bonds. The lowest BCUT2D eigenvalue weighted by Gasteiger charge is -2.11. The van der Waals surface area contributed by atoms with Gasteiger partial charge < -0.3 is 4.57 Å². The number of fused-ring (bicyclic) bond motifs is 7. The first-order valence-corrected chi connectivity index (χ1v) is 14.8. The van der Waals surface area contributed by atoms with E-state index in [1.165, 1.54) is 37.3 Å². The number of hydrogen-bond acceptors (Lipinski definition) is 4. The Labute approximate surface area is 245 Å². The summed E-state index contributed by atoms with van der Waals surface area (Å²) in [5.74, 6) is 0.722. The zero-order valence-electron chi connectivity index (χ0n) is 22.4. The second-order valence-electron chi connectivity index (χ2n) is 10.5. The van der Waals surface area contributed by atoms with Gasteiger partial charge in [0.15, 0.2) is 5.82 Å². The molecule has 5 aromatic carbocycles. The lowest BCUT2D eigenvalue weighted by Crippen LogP contribution is -1.97. The van der Waals surface area contributed by atoms with Crippen molar-refractivity contribution in [2.75, 3.05) is 0 Å². The number of pyridine rings is 1. The molecule has 0 spiro atoms. The third-order valence-electron chi connectivity index (χ3n) is 8.08. The largest absolute Gasteiger partial charge is 0.309 e. The molecule has 0 aliphatic heterocycles. The minimum absolute atomic E-state index is 0.722. The molecule has 9 aromatic rings. The maximum atomic E-state index is 5.07. The van der Waals surface area contributed by atoms with E-state index in [4.69, 9.17) is 9.97 Å². The molecule has 9 rings (SSSR count). The van der Waals surface area contributed by atoms with Crippen molar-refractivity contribution in [2.45, 2.75) is 0 Å². The van der Waals surface area contributed by atoms with E-state index < -0.39 is 0 Å². The molecule has 0 N–H and O–H groups in total. The van der Waals surface area contributed by atoms with Gasteiger partial charge in [-0.15, -0.1) is 11.3 Å². The summed E-state index contributed by atoms with van der Waals surface area (Å²) in [5, 5.41) is 5.99. The van der Waals surface area contributed by atoms with Gasteiger partial charge in [-0.3, -0.25) is 0 Å². The lowest BCUT2D eigenvalue weighted by molar-refractivity contribution is 1.18. The van der Waals surface area contributed by atoms with Crippen LogP contribution in [0.25, 0.3) is 81.3 Å². The molecule has 196 valence electrons. The number of thiophene rings is 1. The fourth-order valence-corrected chi connectivity index (χ4v) is 7.20. The Hall–Kier alpha value is -5.39. The Morgan fingerprint density at radius 3 is 2.17 bits per heavy atom. The van der Waals surface area contributed by atoms with E-state index in [-0.39, 0.29) is 0 Å². The van der Waals surface area contributed by atoms with E-state index >= 15 is 0 Å². The van der Waals surface area contributed by atoms with Crippen LogP contribution in [0.1, 0.15) is 0 Å². The van der Waals surface area contributed by atoms with Crippen LogP contribution in [-0.4, -0.2) is 19.5 Å². The van der Waals surface area contributed by atoms with Crippen molar-refractivity contribution in [3.8, 4) is 28.3 Å². The molecule has 0 aliphatic carbocycles. The number of rotatable bonds is 3. The first kappa shape index (κ1) is 23.3. The third-order valence-corrected chi connectivity index (χ3v) is 9.15. The number of para-hydroxylation sites is 2. The van der Waals surface area contributed by atoms with Crippen LogP contribution in [0.3, 0.4) is 0 Å². The van der Waals surface area contributed by atoms with Crippen LogP contribution in [0.4, 0.5) is 0 Å². The van der Waals surface area contributed by atoms with E-state index in [1.54, 1.807) is 11.3 Å². The van der Waals surface area contributed by atoms with Gasteiger partial charge in [-0.1, -0.05) is 66.7 Å². The fraction of sp³-hybridized carbons (Fsp3) is 0. The minimum Gasteiger partial charge on any atom is -0.309 e. The molecule has 0 atom stereocenters. The van der Waals surface area contributed by atoms with Crippen molar-refractivity contribution < 1.29 is 0 Å². The Bertz CT molecular complexity index is 2460. The highest BCUT2D eigenvalue weighted by Gasteiger charge is 2.16. The van der Waals surface area contributed by atoms with E-state index in [1.807, 2.05) is 30.5 Å². The predicted octanol–water partition coefficient (Wildman–Crippen LogP) is 9.82. The maximum Gasteiger partial charge on any atom is 0.160 e. The van der Waals surface area contributed by atoms with Crippen molar-refractivity contribution in [3.63, 3.8) is 0 Å². The van der Waals surface area contributed by atoms with E-state index in [0.29, 0.717) is 0 Å². The SMILES string of the molecule is c1ccc(-c2nc(-c3ccc(-n4c5ccccc5c5cc6sc7ncccc7c6cc54)cc3)nc3ccccc23)cc1. The van der Waals surface area contributed by atoms with Gasteiger partial charge in [0.1, 0.15) is 4.83 Å². The minimum atomic E-state index is 0.722. The monoisotopic (exact) mass is 554 g/mol. The molecule has 0 saturated carbocycles. The summed E-state index contributed by atoms with van der Waals surface area (Å²) in [4.78, 5) is 15.7. The fourth-order valence-electron chi connectivity index (χ4n) is 6.13. The van der Waals surface area contributed by atoms with Gasteiger partial charge in [-0.25, -0.2) is 15.0 Å². The Balaban J connectivity index is 1.23. The molecule has 4 heterocycles. The van der Waals surface area contributed by atoms with Gasteiger partial charge in [0, 0.05) is 54.6 Å². The third kappa shape index (κ3) is 3.51. The van der Waals surface area contributed by atoms with Gasteiger partial charge in [0.25, 0.3) is 0 Å². The van der Waals surface area contributed by atoms with Crippen molar-refractivity contribution >= 4 is 64.3 Å². The van der Waals surface area contributed by atoms with E-state index in [9.17, 15) is 0 Å². The second-order valence-corrected chi connectivity index (χ2v) is 11.5. The summed E-state index contributed by atoms with van der Waals surface area (Å²) in [7, 11) is 0. The van der Waals surface area contributed by atoms with E-state index in [0.717, 1.165) is 44.1 Å². The number of aromatic nitrogens is 4. The van der Waals surface area contributed by atoms with Crippen LogP contribution < -0.4 is 0 Å². The molecule has 4 aromatic heterocycles. The van der Waals surface area contributed by atoms with Crippen LogP contribution in [0.5, 0.6) is 0 Å². The number of benzene rings is 5. The molecule has 0 fully saturated rings. The Morgan fingerprint density at radius 2 is 1.29 bits per heavy atom. The van der Waals surface area contributed by atoms with Gasteiger partial charge in [0.05, 0.1) is 22.2 Å². The number of nitrogens with zero attached hydrogens (tertiary/aromatic N) is 4. The highest BCUT2D eigenvalue weighted by molar-refractivity contribution is 7.25. The van der Waals surface area contributed by atoms with Crippen molar-refractivity contribution in [2.24, 2.45) is 0 Å². The van der Waals surface area contributed by atoms with Crippen molar-refractivity contribution in [1.82, 2.24) is 19.5 Å². The zero-order valence-corrected chi connectivity index (χ0v) is 23.2. The van der Waals surface area contributed by atoms with Crippen LogP contribution in [-0.2, 0) is 0 Å².